The van der Waals surface area contributed by atoms with Gasteiger partial charge < -0.3 is 13.7 Å². The third-order valence-corrected chi connectivity index (χ3v) is 5.21. The summed E-state index contributed by atoms with van der Waals surface area (Å²) >= 11 is 3.02. The molecule has 132 valence electrons. The molecule has 0 bridgehead atoms. The van der Waals surface area contributed by atoms with Crippen molar-refractivity contribution < 1.29 is 18.5 Å². The van der Waals surface area contributed by atoms with Crippen LogP contribution < -0.4 is 0 Å². The van der Waals surface area contributed by atoms with Gasteiger partial charge in [0.1, 0.15) is 5.76 Å². The highest BCUT2D eigenvalue weighted by molar-refractivity contribution is 7.13. The van der Waals surface area contributed by atoms with Crippen LogP contribution in [0.2, 0.25) is 0 Å². The molecule has 0 amide bonds. The molecule has 4 rings (SSSR count). The zero-order chi connectivity index (χ0) is 17.9. The Morgan fingerprint density at radius 1 is 1.12 bits per heavy atom. The topological polar surface area (TPSA) is 91.2 Å². The average Bonchev–Trinajstić information content (AvgIpc) is 3.41. The molecule has 0 radical (unpaired) electrons. The van der Waals surface area contributed by atoms with Gasteiger partial charge in [-0.1, -0.05) is 17.3 Å². The van der Waals surface area contributed by atoms with Crippen LogP contribution >= 0.6 is 22.7 Å². The summed E-state index contributed by atoms with van der Waals surface area (Å²) in [6.07, 6.45) is 0.0241. The van der Waals surface area contributed by atoms with Crippen molar-refractivity contribution in [2.75, 3.05) is 0 Å². The zero-order valence-corrected chi connectivity index (χ0v) is 15.3. The van der Waals surface area contributed by atoms with Crippen LogP contribution in [0.3, 0.4) is 0 Å². The van der Waals surface area contributed by atoms with Crippen LogP contribution in [-0.2, 0) is 22.6 Å². The number of hydrogen-bond donors (Lipinski definition) is 0. The fourth-order valence-corrected chi connectivity index (χ4v) is 3.54. The summed E-state index contributed by atoms with van der Waals surface area (Å²) in [5.74, 6) is 1.42. The van der Waals surface area contributed by atoms with E-state index < -0.39 is 5.97 Å². The molecule has 0 aliphatic heterocycles. The lowest BCUT2D eigenvalue weighted by Crippen LogP contribution is -2.09. The van der Waals surface area contributed by atoms with Gasteiger partial charge >= 0.3 is 5.97 Å². The predicted octanol–water partition coefficient (Wildman–Crippen LogP) is 4.11. The number of carbonyl (C=O) groups is 1. The fourth-order valence-electron chi connectivity index (χ4n) is 2.24. The SMILES string of the molecule is Cc1oc(-c2cccs2)nc1CC(=O)OCc1noc(-c2cccs2)n1. The summed E-state index contributed by atoms with van der Waals surface area (Å²) in [5, 5.41) is 7.68. The van der Waals surface area contributed by atoms with Gasteiger partial charge in [0.25, 0.3) is 5.89 Å². The normalized spacial score (nSPS) is 11.0. The third kappa shape index (κ3) is 3.58. The third-order valence-electron chi connectivity index (χ3n) is 3.50. The van der Waals surface area contributed by atoms with Gasteiger partial charge in [-0.2, -0.15) is 4.98 Å². The summed E-state index contributed by atoms with van der Waals surface area (Å²) < 4.78 is 16.0. The number of nitrogens with zero attached hydrogens (tertiary/aromatic N) is 3. The van der Waals surface area contributed by atoms with Crippen LogP contribution in [-0.4, -0.2) is 21.1 Å². The molecule has 0 aromatic carbocycles. The minimum atomic E-state index is -0.429. The molecule has 4 aromatic heterocycles. The Hall–Kier alpha value is -2.78. The molecule has 4 aromatic rings. The molecule has 0 saturated carbocycles. The predicted molar refractivity (Wildman–Crippen MR) is 95.7 cm³/mol. The van der Waals surface area contributed by atoms with E-state index in [0.29, 0.717) is 29.1 Å². The van der Waals surface area contributed by atoms with Crippen LogP contribution in [0.1, 0.15) is 17.3 Å². The Morgan fingerprint density at radius 2 is 1.85 bits per heavy atom. The highest BCUT2D eigenvalue weighted by Crippen LogP contribution is 2.26. The maximum atomic E-state index is 12.1. The number of aryl methyl sites for hydroxylation is 1. The van der Waals surface area contributed by atoms with Crippen molar-refractivity contribution in [1.29, 1.82) is 0 Å². The first-order valence-corrected chi connectivity index (χ1v) is 9.47. The van der Waals surface area contributed by atoms with Crippen molar-refractivity contribution in [1.82, 2.24) is 15.1 Å². The van der Waals surface area contributed by atoms with Gasteiger partial charge in [0.05, 0.1) is 21.9 Å². The molecule has 0 atom stereocenters. The van der Waals surface area contributed by atoms with E-state index in [1.165, 1.54) is 22.7 Å². The van der Waals surface area contributed by atoms with Crippen molar-refractivity contribution in [2.45, 2.75) is 20.0 Å². The van der Waals surface area contributed by atoms with Crippen LogP contribution in [0.4, 0.5) is 0 Å². The average molecular weight is 387 g/mol. The standard InChI is InChI=1S/C17H13N3O4S2/c1-10-11(18-16(23-10)12-4-2-6-25-12)8-15(21)22-9-14-19-17(24-20-14)13-5-3-7-26-13/h2-7H,8-9H2,1H3. The first-order valence-electron chi connectivity index (χ1n) is 7.71. The summed E-state index contributed by atoms with van der Waals surface area (Å²) in [5.41, 5.74) is 0.561. The first-order chi connectivity index (χ1) is 12.7. The largest absolute Gasteiger partial charge is 0.457 e. The highest BCUT2D eigenvalue weighted by atomic mass is 32.1. The van der Waals surface area contributed by atoms with Crippen molar-refractivity contribution >= 4 is 28.6 Å². The second-order valence-corrected chi connectivity index (χ2v) is 7.23. The molecule has 0 aliphatic carbocycles. The van der Waals surface area contributed by atoms with E-state index in [9.17, 15) is 4.79 Å². The van der Waals surface area contributed by atoms with Crippen molar-refractivity contribution in [3.05, 3.63) is 52.3 Å². The molecule has 9 heteroatoms. The van der Waals surface area contributed by atoms with E-state index in [1.807, 2.05) is 35.0 Å². The van der Waals surface area contributed by atoms with Gasteiger partial charge in [0.2, 0.25) is 11.7 Å². The Morgan fingerprint density at radius 3 is 2.54 bits per heavy atom. The molecule has 7 nitrogen and oxygen atoms in total. The molecule has 0 saturated heterocycles. The van der Waals surface area contributed by atoms with E-state index in [4.69, 9.17) is 13.7 Å². The zero-order valence-electron chi connectivity index (χ0n) is 13.7. The smallest absolute Gasteiger partial charge is 0.312 e. The van der Waals surface area contributed by atoms with E-state index in [-0.39, 0.29) is 13.0 Å². The van der Waals surface area contributed by atoms with Crippen molar-refractivity contribution in [3.63, 3.8) is 0 Å². The number of hydrogen-bond acceptors (Lipinski definition) is 9. The number of aromatic nitrogens is 3. The Labute approximate surface area is 156 Å². The van der Waals surface area contributed by atoms with Gasteiger partial charge in [-0.15, -0.1) is 22.7 Å². The summed E-state index contributed by atoms with van der Waals surface area (Å²) in [7, 11) is 0. The Balaban J connectivity index is 1.36. The maximum absolute atomic E-state index is 12.1. The molecule has 0 spiro atoms. The van der Waals surface area contributed by atoms with Gasteiger partial charge in [0.15, 0.2) is 6.61 Å². The van der Waals surface area contributed by atoms with Crippen LogP contribution in [0.15, 0.2) is 44.0 Å². The van der Waals surface area contributed by atoms with Gasteiger partial charge in [-0.05, 0) is 29.8 Å². The van der Waals surface area contributed by atoms with Crippen LogP contribution in [0.5, 0.6) is 0 Å². The lowest BCUT2D eigenvalue weighted by Gasteiger charge is -2.00. The van der Waals surface area contributed by atoms with Crippen LogP contribution in [0.25, 0.3) is 21.5 Å². The van der Waals surface area contributed by atoms with Gasteiger partial charge in [-0.25, -0.2) is 4.98 Å². The molecule has 0 N–H and O–H groups in total. The number of rotatable bonds is 6. The number of oxazole rings is 1. The number of ether oxygens (including phenoxy) is 1. The van der Waals surface area contributed by atoms with Crippen molar-refractivity contribution in [2.24, 2.45) is 0 Å². The number of thiophene rings is 2. The van der Waals surface area contributed by atoms with Gasteiger partial charge in [-0.3, -0.25) is 4.79 Å². The second-order valence-electron chi connectivity index (χ2n) is 5.33. The molecule has 26 heavy (non-hydrogen) atoms. The van der Waals surface area contributed by atoms with E-state index >= 15 is 0 Å². The summed E-state index contributed by atoms with van der Waals surface area (Å²) in [4.78, 5) is 22.5. The first kappa shape index (κ1) is 16.7. The Bertz CT molecular complexity index is 1000. The second kappa shape index (κ2) is 7.22. The number of esters is 1. The molecule has 4 heterocycles. The molecular weight excluding hydrogens is 374 g/mol. The summed E-state index contributed by atoms with van der Waals surface area (Å²) in [6.45, 7) is 1.72. The lowest BCUT2D eigenvalue weighted by molar-refractivity contribution is -0.144. The minimum Gasteiger partial charge on any atom is -0.457 e. The van der Waals surface area contributed by atoms with E-state index in [1.54, 1.807) is 6.92 Å². The maximum Gasteiger partial charge on any atom is 0.312 e. The molecule has 0 fully saturated rings. The fraction of sp³-hybridized carbons (Fsp3) is 0.176. The lowest BCUT2D eigenvalue weighted by atomic mass is 10.3. The van der Waals surface area contributed by atoms with Crippen molar-refractivity contribution in [3.8, 4) is 21.5 Å². The minimum absolute atomic E-state index is 0.0241. The van der Waals surface area contributed by atoms with E-state index in [0.717, 1.165) is 9.75 Å². The van der Waals surface area contributed by atoms with E-state index in [2.05, 4.69) is 15.1 Å². The Kier molecular flexibility index (Phi) is 4.63. The van der Waals surface area contributed by atoms with Crippen LogP contribution in [0, 0.1) is 6.92 Å². The van der Waals surface area contributed by atoms with Gasteiger partial charge in [0, 0.05) is 0 Å². The quantitative estimate of drug-likeness (QED) is 0.460. The molecule has 0 aliphatic rings. The number of carbonyl (C=O) groups excluding carboxylic acids is 1. The summed E-state index contributed by atoms with van der Waals surface area (Å²) in [6, 6.07) is 7.61. The highest BCUT2D eigenvalue weighted by Gasteiger charge is 2.17. The molecular formula is C17H13N3O4S2. The monoisotopic (exact) mass is 387 g/mol. The molecule has 0 unspecified atom stereocenters.